The zero-order valence-electron chi connectivity index (χ0n) is 22.8. The van der Waals surface area contributed by atoms with Crippen LogP contribution in [0.25, 0.3) is 0 Å². The number of anilines is 1. The van der Waals surface area contributed by atoms with Gasteiger partial charge in [0.25, 0.3) is 0 Å². The van der Waals surface area contributed by atoms with Crippen LogP contribution in [0.3, 0.4) is 0 Å². The third-order valence-electron chi connectivity index (χ3n) is 6.67. The van der Waals surface area contributed by atoms with Crippen LogP contribution in [0.4, 0.5) is 5.69 Å². The van der Waals surface area contributed by atoms with Crippen LogP contribution in [0.1, 0.15) is 37.0 Å². The van der Waals surface area contributed by atoms with Gasteiger partial charge >= 0.3 is 0 Å². The van der Waals surface area contributed by atoms with Crippen LogP contribution < -0.4 is 9.62 Å². The van der Waals surface area contributed by atoms with E-state index in [9.17, 15) is 18.0 Å². The molecule has 0 aliphatic rings. The summed E-state index contributed by atoms with van der Waals surface area (Å²) in [6.07, 6.45) is 2.06. The quantitative estimate of drug-likeness (QED) is 0.334. The summed E-state index contributed by atoms with van der Waals surface area (Å²) in [6.45, 7) is 5.52. The molecular formula is C30H36ClN3O4S. The minimum Gasteiger partial charge on any atom is -0.352 e. The Morgan fingerprint density at radius 1 is 0.949 bits per heavy atom. The summed E-state index contributed by atoms with van der Waals surface area (Å²) in [5.74, 6) is -0.772. The van der Waals surface area contributed by atoms with Crippen LogP contribution in [0.2, 0.25) is 5.02 Å². The van der Waals surface area contributed by atoms with E-state index in [0.717, 1.165) is 33.7 Å². The Morgan fingerprint density at radius 3 is 2.15 bits per heavy atom. The molecule has 7 nitrogen and oxygen atoms in total. The molecule has 3 aromatic rings. The highest BCUT2D eigenvalue weighted by Crippen LogP contribution is 2.23. The van der Waals surface area contributed by atoms with Crippen LogP contribution in [-0.2, 0) is 32.6 Å². The van der Waals surface area contributed by atoms with E-state index in [-0.39, 0.29) is 24.9 Å². The number of carbonyl (C=O) groups is 2. The fourth-order valence-corrected chi connectivity index (χ4v) is 5.16. The second kappa shape index (κ2) is 13.6. The first-order valence-electron chi connectivity index (χ1n) is 12.9. The van der Waals surface area contributed by atoms with Gasteiger partial charge in [0.1, 0.15) is 12.6 Å². The summed E-state index contributed by atoms with van der Waals surface area (Å²) in [6, 6.07) is 22.4. The second-order valence-electron chi connectivity index (χ2n) is 9.72. The van der Waals surface area contributed by atoms with E-state index in [4.69, 9.17) is 11.6 Å². The molecule has 2 atom stereocenters. The number of nitrogens with one attached hydrogen (secondary N) is 1. The third kappa shape index (κ3) is 8.57. The molecule has 1 N–H and O–H groups in total. The Bertz CT molecular complexity index is 1360. The molecule has 39 heavy (non-hydrogen) atoms. The van der Waals surface area contributed by atoms with Crippen molar-refractivity contribution in [1.82, 2.24) is 10.2 Å². The van der Waals surface area contributed by atoms with Gasteiger partial charge in [-0.3, -0.25) is 13.9 Å². The molecule has 3 aromatic carbocycles. The van der Waals surface area contributed by atoms with E-state index in [1.54, 1.807) is 24.3 Å². The molecule has 0 aromatic heterocycles. The Hall–Kier alpha value is -3.36. The topological polar surface area (TPSA) is 86.8 Å². The zero-order chi connectivity index (χ0) is 28.6. The number of hydrogen-bond donors (Lipinski definition) is 1. The molecule has 3 rings (SSSR count). The van der Waals surface area contributed by atoms with Crippen LogP contribution in [0.15, 0.2) is 78.9 Å². The lowest BCUT2D eigenvalue weighted by molar-refractivity contribution is -0.140. The van der Waals surface area contributed by atoms with Crippen molar-refractivity contribution in [2.45, 2.75) is 52.2 Å². The van der Waals surface area contributed by atoms with Crippen molar-refractivity contribution in [2.75, 3.05) is 17.1 Å². The molecular weight excluding hydrogens is 534 g/mol. The average molecular weight is 570 g/mol. The Balaban J connectivity index is 2.06. The van der Waals surface area contributed by atoms with Gasteiger partial charge in [0, 0.05) is 24.0 Å². The summed E-state index contributed by atoms with van der Waals surface area (Å²) in [7, 11) is -3.83. The van der Waals surface area contributed by atoms with Gasteiger partial charge in [0.2, 0.25) is 21.8 Å². The largest absolute Gasteiger partial charge is 0.352 e. The smallest absolute Gasteiger partial charge is 0.244 e. The molecule has 0 heterocycles. The van der Waals surface area contributed by atoms with Gasteiger partial charge in [-0.05, 0) is 61.2 Å². The number of carbonyl (C=O) groups excluding carboxylic acids is 2. The molecule has 0 fully saturated rings. The average Bonchev–Trinajstić information content (AvgIpc) is 2.90. The molecule has 0 unspecified atom stereocenters. The Kier molecular flexibility index (Phi) is 10.5. The molecule has 0 bridgehead atoms. The predicted octanol–water partition coefficient (Wildman–Crippen LogP) is 4.97. The Labute approximate surface area is 236 Å². The predicted molar refractivity (Wildman–Crippen MR) is 157 cm³/mol. The van der Waals surface area contributed by atoms with E-state index in [1.165, 1.54) is 4.90 Å². The number of sulfonamides is 1. The number of amides is 2. The van der Waals surface area contributed by atoms with E-state index in [1.807, 2.05) is 75.4 Å². The zero-order valence-corrected chi connectivity index (χ0v) is 24.4. The van der Waals surface area contributed by atoms with Gasteiger partial charge in [-0.15, -0.1) is 0 Å². The van der Waals surface area contributed by atoms with E-state index < -0.39 is 28.5 Å². The fraction of sp³-hybridized carbons (Fsp3) is 0.333. The highest BCUT2D eigenvalue weighted by Gasteiger charge is 2.33. The minimum atomic E-state index is -3.83. The maximum Gasteiger partial charge on any atom is 0.244 e. The summed E-state index contributed by atoms with van der Waals surface area (Å²) >= 11 is 6.01. The molecule has 0 radical (unpaired) electrons. The van der Waals surface area contributed by atoms with Gasteiger partial charge in [-0.1, -0.05) is 73.1 Å². The molecule has 0 saturated heterocycles. The lowest BCUT2D eigenvalue weighted by atomic mass is 10.0. The summed E-state index contributed by atoms with van der Waals surface area (Å²) in [5.41, 5.74) is 3.04. The first kappa shape index (κ1) is 30.2. The summed E-state index contributed by atoms with van der Waals surface area (Å²) < 4.78 is 26.7. The molecule has 0 spiro atoms. The van der Waals surface area contributed by atoms with Crippen molar-refractivity contribution >= 4 is 39.1 Å². The highest BCUT2D eigenvalue weighted by molar-refractivity contribution is 7.92. The van der Waals surface area contributed by atoms with E-state index in [2.05, 4.69) is 5.32 Å². The molecule has 208 valence electrons. The third-order valence-corrected chi connectivity index (χ3v) is 8.06. The van der Waals surface area contributed by atoms with Crippen molar-refractivity contribution in [2.24, 2.45) is 0 Å². The molecule has 0 aliphatic carbocycles. The standard InChI is InChI=1S/C30H36ClN3O4S/c1-5-23(3)32-30(36)28(19-24-12-7-6-8-13-24)33(20-25-14-10-9-11-22(25)2)29(35)21-34(39(4,37)38)27-17-15-26(31)16-18-27/h6-18,23,28H,5,19-21H2,1-4H3,(H,32,36)/t23-,28-/m1/s1. The maximum atomic E-state index is 14.1. The number of nitrogens with zero attached hydrogens (tertiary/aromatic N) is 2. The normalized spacial score (nSPS) is 12.8. The second-order valence-corrected chi connectivity index (χ2v) is 12.1. The van der Waals surface area contributed by atoms with Crippen LogP contribution in [0.5, 0.6) is 0 Å². The summed E-state index contributed by atoms with van der Waals surface area (Å²) in [4.78, 5) is 29.2. The van der Waals surface area contributed by atoms with Crippen molar-refractivity contribution < 1.29 is 18.0 Å². The van der Waals surface area contributed by atoms with Gasteiger partial charge in [-0.2, -0.15) is 0 Å². The minimum absolute atomic E-state index is 0.0900. The van der Waals surface area contributed by atoms with Crippen LogP contribution in [0, 0.1) is 6.92 Å². The monoisotopic (exact) mass is 569 g/mol. The maximum absolute atomic E-state index is 14.1. The molecule has 9 heteroatoms. The first-order valence-corrected chi connectivity index (χ1v) is 15.1. The van der Waals surface area contributed by atoms with E-state index >= 15 is 0 Å². The number of benzene rings is 3. The van der Waals surface area contributed by atoms with Crippen molar-refractivity contribution in [1.29, 1.82) is 0 Å². The lowest BCUT2D eigenvalue weighted by Crippen LogP contribution is -2.54. The number of halogens is 1. The van der Waals surface area contributed by atoms with Gasteiger partial charge < -0.3 is 10.2 Å². The number of aryl methyl sites for hydroxylation is 1. The van der Waals surface area contributed by atoms with Gasteiger partial charge in [0.05, 0.1) is 11.9 Å². The van der Waals surface area contributed by atoms with Crippen LogP contribution in [-0.4, -0.2) is 50.0 Å². The number of hydrogen-bond acceptors (Lipinski definition) is 4. The first-order chi connectivity index (χ1) is 18.5. The summed E-state index contributed by atoms with van der Waals surface area (Å²) in [5, 5.41) is 3.48. The van der Waals surface area contributed by atoms with Crippen molar-refractivity contribution in [3.05, 3.63) is 101 Å². The SMILES string of the molecule is CC[C@@H](C)NC(=O)[C@@H](Cc1ccccc1)N(Cc1ccccc1C)C(=O)CN(c1ccc(Cl)cc1)S(C)(=O)=O. The van der Waals surface area contributed by atoms with Gasteiger partial charge in [-0.25, -0.2) is 8.42 Å². The van der Waals surface area contributed by atoms with Gasteiger partial charge in [0.15, 0.2) is 0 Å². The van der Waals surface area contributed by atoms with Crippen molar-refractivity contribution in [3.8, 4) is 0 Å². The van der Waals surface area contributed by atoms with E-state index in [0.29, 0.717) is 10.7 Å². The fourth-order valence-electron chi connectivity index (χ4n) is 4.19. The highest BCUT2D eigenvalue weighted by atomic mass is 35.5. The molecule has 0 aliphatic heterocycles. The number of rotatable bonds is 12. The molecule has 2 amide bonds. The Morgan fingerprint density at radius 2 is 1.56 bits per heavy atom. The van der Waals surface area contributed by atoms with Crippen LogP contribution >= 0.6 is 11.6 Å². The molecule has 0 saturated carbocycles. The lowest BCUT2D eigenvalue weighted by Gasteiger charge is -2.34. The van der Waals surface area contributed by atoms with Crippen molar-refractivity contribution in [3.63, 3.8) is 0 Å².